The smallest absolute Gasteiger partial charge is 0.309 e. The Balaban J connectivity index is 1.51. The molecule has 1 aromatic carbocycles. The molecule has 11 nitrogen and oxygen atoms in total. The summed E-state index contributed by atoms with van der Waals surface area (Å²) in [5.74, 6) is 0.962. The second-order valence-corrected chi connectivity index (χ2v) is 9.33. The van der Waals surface area contributed by atoms with Crippen LogP contribution >= 0.6 is 0 Å². The van der Waals surface area contributed by atoms with Gasteiger partial charge in [0.25, 0.3) is 5.56 Å². The number of fused-ring (bicyclic) bond motifs is 1. The molecule has 2 aliphatic heterocycles. The Bertz CT molecular complexity index is 1260. The Morgan fingerprint density at radius 1 is 1.25 bits per heavy atom. The van der Waals surface area contributed by atoms with Gasteiger partial charge in [0, 0.05) is 31.3 Å². The first-order chi connectivity index (χ1) is 17.6. The number of H-pyrrole nitrogens is 1. The molecule has 0 spiro atoms. The monoisotopic (exact) mass is 496 g/mol. The molecular weight excluding hydrogens is 464 g/mol. The Morgan fingerprint density at radius 2 is 2.08 bits per heavy atom. The van der Waals surface area contributed by atoms with Crippen molar-refractivity contribution in [1.29, 1.82) is 0 Å². The van der Waals surface area contributed by atoms with Crippen molar-refractivity contribution in [2.24, 2.45) is 5.92 Å². The molecule has 2 atom stereocenters. The molecule has 0 saturated carbocycles. The van der Waals surface area contributed by atoms with Crippen LogP contribution < -0.4 is 10.3 Å². The van der Waals surface area contributed by atoms with Crippen LogP contribution in [0.3, 0.4) is 0 Å². The number of esters is 1. The van der Waals surface area contributed by atoms with Crippen molar-refractivity contribution in [2.45, 2.75) is 51.3 Å². The zero-order chi connectivity index (χ0) is 25.1. The molecule has 2 aromatic heterocycles. The van der Waals surface area contributed by atoms with Gasteiger partial charge < -0.3 is 19.2 Å². The minimum atomic E-state index is -0.472. The molecule has 5 rings (SSSR count). The summed E-state index contributed by atoms with van der Waals surface area (Å²) in [6.45, 7) is 4.68. The molecule has 0 radical (unpaired) electrons. The largest absolute Gasteiger partial charge is 0.497 e. The van der Waals surface area contributed by atoms with E-state index in [2.05, 4.69) is 25.4 Å². The number of hydrogen-bond donors (Lipinski definition) is 1. The summed E-state index contributed by atoms with van der Waals surface area (Å²) < 4.78 is 18.1. The van der Waals surface area contributed by atoms with Crippen LogP contribution in [0.2, 0.25) is 0 Å². The van der Waals surface area contributed by atoms with Gasteiger partial charge in [0.05, 0.1) is 37.8 Å². The van der Waals surface area contributed by atoms with Crippen molar-refractivity contribution < 1.29 is 19.0 Å². The van der Waals surface area contributed by atoms with Crippen molar-refractivity contribution in [3.8, 4) is 5.75 Å². The predicted octanol–water partition coefficient (Wildman–Crippen LogP) is 2.07. The molecule has 0 unspecified atom stereocenters. The second-order valence-electron chi connectivity index (χ2n) is 9.33. The van der Waals surface area contributed by atoms with E-state index >= 15 is 0 Å². The Hall–Kier alpha value is -3.31. The number of piperidine rings is 1. The number of rotatable bonds is 8. The molecule has 0 aliphatic carbocycles. The average molecular weight is 497 g/mol. The van der Waals surface area contributed by atoms with E-state index in [4.69, 9.17) is 14.2 Å². The fraction of sp³-hybridized carbons (Fsp3) is 0.560. The first-order valence-corrected chi connectivity index (χ1v) is 12.6. The van der Waals surface area contributed by atoms with Gasteiger partial charge in [0.2, 0.25) is 0 Å². The number of methoxy groups -OCH3 is 1. The normalized spacial score (nSPS) is 20.0. The lowest BCUT2D eigenvalue weighted by Crippen LogP contribution is -2.42. The number of hydrogen-bond acceptors (Lipinski definition) is 9. The molecule has 2 aliphatic rings. The van der Waals surface area contributed by atoms with Crippen molar-refractivity contribution in [3.63, 3.8) is 0 Å². The fourth-order valence-corrected chi connectivity index (χ4v) is 5.20. The quantitative estimate of drug-likeness (QED) is 0.467. The number of ether oxygens (including phenoxy) is 3. The number of nitrogens with zero attached hydrogens (tertiary/aromatic N) is 5. The minimum Gasteiger partial charge on any atom is -0.497 e. The number of tetrazole rings is 1. The summed E-state index contributed by atoms with van der Waals surface area (Å²) in [7, 11) is 1.59. The number of aromatic amines is 1. The zero-order valence-corrected chi connectivity index (χ0v) is 20.7. The molecule has 0 amide bonds. The maximum Gasteiger partial charge on any atom is 0.309 e. The van der Waals surface area contributed by atoms with Gasteiger partial charge in [-0.25, -0.2) is 4.68 Å². The van der Waals surface area contributed by atoms with Gasteiger partial charge in [-0.1, -0.05) is 0 Å². The van der Waals surface area contributed by atoms with E-state index in [1.807, 2.05) is 31.2 Å². The topological polar surface area (TPSA) is 124 Å². The first-order valence-electron chi connectivity index (χ1n) is 12.6. The molecule has 192 valence electrons. The van der Waals surface area contributed by atoms with E-state index in [0.29, 0.717) is 61.7 Å². The number of benzene rings is 1. The molecule has 36 heavy (non-hydrogen) atoms. The number of aromatic nitrogens is 5. The summed E-state index contributed by atoms with van der Waals surface area (Å²) in [6.07, 6.45) is 3.30. The van der Waals surface area contributed by atoms with Crippen molar-refractivity contribution in [3.05, 3.63) is 46.0 Å². The van der Waals surface area contributed by atoms with E-state index in [1.165, 1.54) is 0 Å². The average Bonchev–Trinajstić information content (AvgIpc) is 3.57. The molecule has 1 N–H and O–H groups in total. The van der Waals surface area contributed by atoms with Crippen LogP contribution in [0.5, 0.6) is 5.75 Å². The summed E-state index contributed by atoms with van der Waals surface area (Å²) >= 11 is 0. The maximum atomic E-state index is 13.4. The van der Waals surface area contributed by atoms with Gasteiger partial charge in [-0.3, -0.25) is 14.5 Å². The highest BCUT2D eigenvalue weighted by molar-refractivity contribution is 5.80. The van der Waals surface area contributed by atoms with Gasteiger partial charge in [-0.05, 0) is 66.6 Å². The van der Waals surface area contributed by atoms with E-state index < -0.39 is 6.04 Å². The third kappa shape index (κ3) is 4.98. The van der Waals surface area contributed by atoms with Crippen LogP contribution in [0, 0.1) is 5.92 Å². The first kappa shape index (κ1) is 24.4. The highest BCUT2D eigenvalue weighted by Gasteiger charge is 2.35. The summed E-state index contributed by atoms with van der Waals surface area (Å²) in [4.78, 5) is 30.9. The lowest BCUT2D eigenvalue weighted by atomic mass is 9.94. The van der Waals surface area contributed by atoms with Crippen LogP contribution in [0.15, 0.2) is 29.1 Å². The molecule has 4 heterocycles. The standard InChI is InChI=1S/C25H32N6O5/c1-3-35-25(33)16-8-10-30(11-9-16)22(23-27-28-29-31(23)15-19-5-4-12-36-19)20-13-17-6-7-18(34-2)14-21(17)26-24(20)32/h6-7,13-14,16,19,22H,3-5,8-12,15H2,1-2H3,(H,26,32)/t19-,22+/m1/s1. The van der Waals surface area contributed by atoms with E-state index in [0.717, 1.165) is 24.8 Å². The summed E-state index contributed by atoms with van der Waals surface area (Å²) in [5.41, 5.74) is 1.05. The molecule has 3 aromatic rings. The van der Waals surface area contributed by atoms with Crippen molar-refractivity contribution in [2.75, 3.05) is 33.4 Å². The van der Waals surface area contributed by atoms with E-state index in [-0.39, 0.29) is 23.6 Å². The fourth-order valence-electron chi connectivity index (χ4n) is 5.20. The Morgan fingerprint density at radius 3 is 2.81 bits per heavy atom. The van der Waals surface area contributed by atoms with Crippen molar-refractivity contribution >= 4 is 16.9 Å². The lowest BCUT2D eigenvalue weighted by Gasteiger charge is -2.36. The zero-order valence-electron chi connectivity index (χ0n) is 20.7. The van der Waals surface area contributed by atoms with Gasteiger partial charge in [-0.2, -0.15) is 0 Å². The van der Waals surface area contributed by atoms with Crippen LogP contribution in [-0.4, -0.2) is 75.6 Å². The van der Waals surface area contributed by atoms with Gasteiger partial charge in [0.15, 0.2) is 5.82 Å². The number of pyridine rings is 1. The molecular formula is C25H32N6O5. The highest BCUT2D eigenvalue weighted by Crippen LogP contribution is 2.32. The van der Waals surface area contributed by atoms with E-state index in [9.17, 15) is 9.59 Å². The van der Waals surface area contributed by atoms with Gasteiger partial charge in [-0.15, -0.1) is 5.10 Å². The number of nitrogens with one attached hydrogen (secondary N) is 1. The molecule has 2 fully saturated rings. The van der Waals surface area contributed by atoms with Crippen LogP contribution in [0.25, 0.3) is 10.9 Å². The number of likely N-dealkylation sites (tertiary alicyclic amines) is 1. The van der Waals surface area contributed by atoms with Crippen LogP contribution in [0.1, 0.15) is 50.0 Å². The number of carbonyl (C=O) groups excluding carboxylic acids is 1. The molecule has 0 bridgehead atoms. The van der Waals surface area contributed by atoms with Crippen LogP contribution in [0.4, 0.5) is 0 Å². The lowest BCUT2D eigenvalue weighted by molar-refractivity contribution is -0.149. The third-order valence-electron chi connectivity index (χ3n) is 7.10. The Kier molecular flexibility index (Phi) is 7.28. The highest BCUT2D eigenvalue weighted by atomic mass is 16.5. The molecule has 11 heteroatoms. The SMILES string of the molecule is CCOC(=O)C1CCN([C@@H](c2cc3ccc(OC)cc3[nH]c2=O)c2nnnn2C[C@H]2CCCO2)CC1. The minimum absolute atomic E-state index is 0.0461. The number of carbonyl (C=O) groups is 1. The van der Waals surface area contributed by atoms with Crippen LogP contribution in [-0.2, 0) is 20.8 Å². The second kappa shape index (κ2) is 10.8. The van der Waals surface area contributed by atoms with Gasteiger partial charge >= 0.3 is 5.97 Å². The summed E-state index contributed by atoms with van der Waals surface area (Å²) in [6, 6.07) is 7.03. The predicted molar refractivity (Wildman–Crippen MR) is 131 cm³/mol. The summed E-state index contributed by atoms with van der Waals surface area (Å²) in [5, 5.41) is 13.5. The van der Waals surface area contributed by atoms with E-state index in [1.54, 1.807) is 11.8 Å². The van der Waals surface area contributed by atoms with Crippen molar-refractivity contribution in [1.82, 2.24) is 30.1 Å². The maximum absolute atomic E-state index is 13.4. The Labute approximate surface area is 208 Å². The van der Waals surface area contributed by atoms with Gasteiger partial charge in [0.1, 0.15) is 11.8 Å². The molecule has 2 saturated heterocycles. The third-order valence-corrected chi connectivity index (χ3v) is 7.10.